The van der Waals surface area contributed by atoms with E-state index in [0.717, 1.165) is 22.3 Å². The van der Waals surface area contributed by atoms with Crippen LogP contribution < -0.4 is 0 Å². The number of halogens is 4. The normalized spacial score (nSPS) is 16.2. The Hall–Kier alpha value is -2.60. The Morgan fingerprint density at radius 3 is 2.39 bits per heavy atom. The van der Waals surface area contributed by atoms with Crippen LogP contribution in [0.3, 0.4) is 0 Å². The van der Waals surface area contributed by atoms with Gasteiger partial charge in [0.1, 0.15) is 6.04 Å². The molecular formula is C21H16ClF3N2O. The molecule has 3 nitrogen and oxygen atoms in total. The number of aryl methyl sites for hydroxylation is 1. The SMILES string of the molecule is Cc1noc2c1-c1ccccc1C(c1ccc(Cl)cc1)=N[C@H]2CCC(F)(F)F. The summed E-state index contributed by atoms with van der Waals surface area (Å²) in [7, 11) is 0. The van der Waals surface area contributed by atoms with Crippen LogP contribution in [-0.4, -0.2) is 17.0 Å². The number of hydrogen-bond acceptors (Lipinski definition) is 3. The highest BCUT2D eigenvalue weighted by Gasteiger charge is 2.34. The first-order chi connectivity index (χ1) is 13.3. The second-order valence-electron chi connectivity index (χ2n) is 6.71. The molecule has 0 radical (unpaired) electrons. The molecule has 2 aromatic carbocycles. The molecule has 0 amide bonds. The second-order valence-corrected chi connectivity index (χ2v) is 7.14. The molecule has 1 atom stereocenters. The zero-order valence-electron chi connectivity index (χ0n) is 14.9. The van der Waals surface area contributed by atoms with Crippen LogP contribution in [0, 0.1) is 6.92 Å². The van der Waals surface area contributed by atoms with Crippen molar-refractivity contribution < 1.29 is 17.7 Å². The first-order valence-corrected chi connectivity index (χ1v) is 9.18. The molecular weight excluding hydrogens is 389 g/mol. The van der Waals surface area contributed by atoms with E-state index >= 15 is 0 Å². The minimum absolute atomic E-state index is 0.212. The Morgan fingerprint density at radius 2 is 1.71 bits per heavy atom. The van der Waals surface area contributed by atoms with Crippen molar-refractivity contribution in [3.63, 3.8) is 0 Å². The Morgan fingerprint density at radius 1 is 1.04 bits per heavy atom. The lowest BCUT2D eigenvalue weighted by atomic mass is 9.93. The van der Waals surface area contributed by atoms with Crippen molar-refractivity contribution in [2.24, 2.45) is 4.99 Å². The number of hydrogen-bond donors (Lipinski definition) is 0. The molecule has 0 fully saturated rings. The topological polar surface area (TPSA) is 38.4 Å². The van der Waals surface area contributed by atoms with Crippen molar-refractivity contribution >= 4 is 17.3 Å². The summed E-state index contributed by atoms with van der Waals surface area (Å²) < 4.78 is 44.2. The van der Waals surface area contributed by atoms with Crippen LogP contribution in [0.1, 0.15) is 41.5 Å². The maximum atomic E-state index is 12.9. The van der Waals surface area contributed by atoms with Gasteiger partial charge in [0.15, 0.2) is 5.76 Å². The van der Waals surface area contributed by atoms with Crippen molar-refractivity contribution in [2.75, 3.05) is 0 Å². The second kappa shape index (κ2) is 7.09. The standard InChI is InChI=1S/C21H16ClF3N2O/c1-12-18-15-4-2-3-5-16(15)19(13-6-8-14(22)9-7-13)26-17(20(18)28-27-12)10-11-21(23,24)25/h2-9,17H,10-11H2,1H3/t17-/m0/s1. The third-order valence-electron chi connectivity index (χ3n) is 4.75. The van der Waals surface area contributed by atoms with Gasteiger partial charge < -0.3 is 4.52 Å². The van der Waals surface area contributed by atoms with Gasteiger partial charge in [-0.15, -0.1) is 0 Å². The summed E-state index contributed by atoms with van der Waals surface area (Å²) in [6.45, 7) is 1.78. The average molecular weight is 405 g/mol. The fraction of sp³-hybridized carbons (Fsp3) is 0.238. The summed E-state index contributed by atoms with van der Waals surface area (Å²) in [5, 5.41) is 4.58. The fourth-order valence-electron chi connectivity index (χ4n) is 3.47. The zero-order chi connectivity index (χ0) is 19.9. The van der Waals surface area contributed by atoms with Crippen LogP contribution in [-0.2, 0) is 0 Å². The number of benzene rings is 2. The van der Waals surface area contributed by atoms with Gasteiger partial charge in [-0.25, -0.2) is 0 Å². The Kier molecular flexibility index (Phi) is 4.75. The average Bonchev–Trinajstić information content (AvgIpc) is 2.96. The molecule has 0 aliphatic carbocycles. The molecule has 3 aromatic rings. The van der Waals surface area contributed by atoms with E-state index in [1.54, 1.807) is 19.1 Å². The first-order valence-electron chi connectivity index (χ1n) is 8.80. The lowest BCUT2D eigenvalue weighted by molar-refractivity contribution is -0.136. The van der Waals surface area contributed by atoms with E-state index in [4.69, 9.17) is 21.1 Å². The maximum absolute atomic E-state index is 12.9. The highest BCUT2D eigenvalue weighted by atomic mass is 35.5. The number of aromatic nitrogens is 1. The lowest BCUT2D eigenvalue weighted by Gasteiger charge is -2.13. The third-order valence-corrected chi connectivity index (χ3v) is 5.00. The van der Waals surface area contributed by atoms with Crippen LogP contribution in [0.25, 0.3) is 11.1 Å². The largest absolute Gasteiger partial charge is 0.389 e. The summed E-state index contributed by atoms with van der Waals surface area (Å²) in [6.07, 6.45) is -5.44. The van der Waals surface area contributed by atoms with Gasteiger partial charge in [0, 0.05) is 22.6 Å². The van der Waals surface area contributed by atoms with Crippen molar-refractivity contribution in [3.8, 4) is 11.1 Å². The summed E-state index contributed by atoms with van der Waals surface area (Å²) in [4.78, 5) is 4.71. The Balaban J connectivity index is 1.91. The minimum Gasteiger partial charge on any atom is -0.358 e. The van der Waals surface area contributed by atoms with Gasteiger partial charge in [-0.3, -0.25) is 4.99 Å². The third kappa shape index (κ3) is 3.56. The van der Waals surface area contributed by atoms with Crippen molar-refractivity contribution in [1.29, 1.82) is 0 Å². The van der Waals surface area contributed by atoms with Crippen LogP contribution in [0.2, 0.25) is 5.02 Å². The van der Waals surface area contributed by atoms with E-state index in [9.17, 15) is 13.2 Å². The molecule has 2 heterocycles. The van der Waals surface area contributed by atoms with Crippen molar-refractivity contribution in [3.05, 3.63) is 76.1 Å². The highest BCUT2D eigenvalue weighted by molar-refractivity contribution is 6.30. The molecule has 0 bridgehead atoms. The van der Waals surface area contributed by atoms with Gasteiger partial charge in [-0.2, -0.15) is 13.2 Å². The monoisotopic (exact) mass is 404 g/mol. The van der Waals surface area contributed by atoms with Gasteiger partial charge >= 0.3 is 6.18 Å². The predicted octanol–water partition coefficient (Wildman–Crippen LogP) is 6.54. The summed E-state index contributed by atoms with van der Waals surface area (Å²) in [5.74, 6) is 0.373. The van der Waals surface area contributed by atoms with Gasteiger partial charge in [-0.05, 0) is 31.0 Å². The van der Waals surface area contributed by atoms with E-state index in [0.29, 0.717) is 22.2 Å². The van der Waals surface area contributed by atoms with Gasteiger partial charge in [0.25, 0.3) is 0 Å². The molecule has 144 valence electrons. The van der Waals surface area contributed by atoms with E-state index in [2.05, 4.69) is 5.16 Å². The number of nitrogens with zero attached hydrogens (tertiary/aromatic N) is 2. The lowest BCUT2D eigenvalue weighted by Crippen LogP contribution is -2.11. The molecule has 4 rings (SSSR count). The predicted molar refractivity (Wildman–Crippen MR) is 102 cm³/mol. The van der Waals surface area contributed by atoms with Gasteiger partial charge in [0.05, 0.1) is 17.0 Å². The number of alkyl halides is 3. The molecule has 0 saturated heterocycles. The quantitative estimate of drug-likeness (QED) is 0.497. The molecule has 1 aliphatic rings. The van der Waals surface area contributed by atoms with Crippen LogP contribution in [0.4, 0.5) is 13.2 Å². The molecule has 0 spiro atoms. The van der Waals surface area contributed by atoms with E-state index < -0.39 is 18.6 Å². The van der Waals surface area contributed by atoms with Crippen LogP contribution in [0.15, 0.2) is 58.0 Å². The molecule has 0 saturated carbocycles. The fourth-order valence-corrected chi connectivity index (χ4v) is 3.59. The summed E-state index contributed by atoms with van der Waals surface area (Å²) >= 11 is 6.00. The van der Waals surface area contributed by atoms with Crippen molar-refractivity contribution in [1.82, 2.24) is 5.16 Å². The minimum atomic E-state index is -4.27. The molecule has 0 N–H and O–H groups in total. The van der Waals surface area contributed by atoms with Crippen LogP contribution >= 0.6 is 11.6 Å². The van der Waals surface area contributed by atoms with E-state index in [1.807, 2.05) is 36.4 Å². The molecule has 28 heavy (non-hydrogen) atoms. The number of rotatable bonds is 3. The molecule has 7 heteroatoms. The van der Waals surface area contributed by atoms with Crippen LogP contribution in [0.5, 0.6) is 0 Å². The smallest absolute Gasteiger partial charge is 0.358 e. The van der Waals surface area contributed by atoms with E-state index in [1.165, 1.54) is 0 Å². The molecule has 1 aliphatic heterocycles. The highest BCUT2D eigenvalue weighted by Crippen LogP contribution is 2.42. The molecule has 1 aromatic heterocycles. The number of fused-ring (bicyclic) bond motifs is 3. The van der Waals surface area contributed by atoms with Crippen molar-refractivity contribution in [2.45, 2.75) is 32.0 Å². The van der Waals surface area contributed by atoms with Gasteiger partial charge in [-0.1, -0.05) is 53.2 Å². The Labute approximate surface area is 164 Å². The maximum Gasteiger partial charge on any atom is 0.389 e. The summed E-state index contributed by atoms with van der Waals surface area (Å²) in [5.41, 5.74) is 4.42. The first kappa shape index (κ1) is 18.7. The summed E-state index contributed by atoms with van der Waals surface area (Å²) in [6, 6.07) is 13.9. The van der Waals surface area contributed by atoms with E-state index in [-0.39, 0.29) is 6.42 Å². The Bertz CT molecular complexity index is 1040. The number of aliphatic imine (C=N–C) groups is 1. The van der Waals surface area contributed by atoms with Gasteiger partial charge in [0.2, 0.25) is 0 Å². The zero-order valence-corrected chi connectivity index (χ0v) is 15.7. The molecule has 0 unspecified atom stereocenters.